The number of fused-ring (bicyclic) bond motifs is 5. The molecule has 5 nitrogen and oxygen atoms in total. The Morgan fingerprint density at radius 2 is 1.71 bits per heavy atom. The van der Waals surface area contributed by atoms with Gasteiger partial charge in [-0.15, -0.1) is 0 Å². The van der Waals surface area contributed by atoms with Gasteiger partial charge >= 0.3 is 11.9 Å². The Morgan fingerprint density at radius 1 is 1.06 bits per heavy atom. The number of esters is 2. The van der Waals surface area contributed by atoms with Crippen molar-refractivity contribution in [2.45, 2.75) is 97.0 Å². The van der Waals surface area contributed by atoms with Crippen LogP contribution in [-0.4, -0.2) is 23.1 Å². The maximum absolute atomic E-state index is 12.3. The van der Waals surface area contributed by atoms with Crippen molar-refractivity contribution in [3.63, 3.8) is 0 Å². The fourth-order valence-electron chi connectivity index (χ4n) is 6.51. The molecule has 0 spiro atoms. The van der Waals surface area contributed by atoms with Gasteiger partial charge in [0.1, 0.15) is 0 Å². The molecular formula is C26H36O5. The van der Waals surface area contributed by atoms with Gasteiger partial charge in [0.2, 0.25) is 0 Å². The van der Waals surface area contributed by atoms with Crippen LogP contribution in [0.25, 0.3) is 0 Å². The van der Waals surface area contributed by atoms with E-state index in [0.717, 1.165) is 38.5 Å². The molecule has 170 valence electrons. The number of benzene rings is 1. The molecular weight excluding hydrogens is 392 g/mol. The van der Waals surface area contributed by atoms with Crippen LogP contribution in [0.3, 0.4) is 0 Å². The summed E-state index contributed by atoms with van der Waals surface area (Å²) in [6.07, 6.45) is 7.98. The van der Waals surface area contributed by atoms with Crippen LogP contribution in [0.15, 0.2) is 12.1 Å². The molecule has 3 aliphatic carbocycles. The molecule has 0 radical (unpaired) electrons. The van der Waals surface area contributed by atoms with Crippen molar-refractivity contribution in [2.24, 2.45) is 17.3 Å². The molecule has 1 N–H and O–H groups in total. The number of aryl methyl sites for hydroxylation is 1. The third-order valence-corrected chi connectivity index (χ3v) is 7.89. The standard InChI is InChI=1S/C26H36O5/c1-4-6-24(28)30-22-12-16-8-9-19-18(10-11-26(3)15-17(27)13-21(19)26)20(16)14-23(22)31-25(29)7-5-2/h12,14,17-19,21,27H,4-11,13,15H2,1-3H3/t17-,18+,19-,21+,26-/m1/s1. The van der Waals surface area contributed by atoms with Gasteiger partial charge in [-0.3, -0.25) is 9.59 Å². The summed E-state index contributed by atoms with van der Waals surface area (Å²) in [4.78, 5) is 24.4. The van der Waals surface area contributed by atoms with E-state index in [4.69, 9.17) is 9.47 Å². The highest BCUT2D eigenvalue weighted by atomic mass is 16.6. The Labute approximate surface area is 185 Å². The zero-order valence-electron chi connectivity index (χ0n) is 19.1. The number of aliphatic hydroxyl groups is 1. The van der Waals surface area contributed by atoms with Crippen molar-refractivity contribution in [2.75, 3.05) is 0 Å². The molecule has 0 unspecified atom stereocenters. The summed E-state index contributed by atoms with van der Waals surface area (Å²) >= 11 is 0. The van der Waals surface area contributed by atoms with E-state index >= 15 is 0 Å². The predicted molar refractivity (Wildman–Crippen MR) is 118 cm³/mol. The normalized spacial score (nSPS) is 31.4. The van der Waals surface area contributed by atoms with E-state index in [0.29, 0.717) is 54.9 Å². The lowest BCUT2D eigenvalue weighted by molar-refractivity contribution is -0.137. The number of aliphatic hydroxyl groups excluding tert-OH is 1. The lowest BCUT2D eigenvalue weighted by Crippen LogP contribution is -2.39. The lowest BCUT2D eigenvalue weighted by Gasteiger charge is -2.49. The third kappa shape index (κ3) is 4.39. The van der Waals surface area contributed by atoms with Crippen LogP contribution < -0.4 is 9.47 Å². The van der Waals surface area contributed by atoms with Crippen molar-refractivity contribution in [1.82, 2.24) is 0 Å². The SMILES string of the molecule is CCCC(=O)Oc1cc2c(cc1OC(=O)CCC)[C@H]1CC[C@]3(C)C[C@H](O)C[C@H]3[C@@H]1CC2. The monoisotopic (exact) mass is 428 g/mol. The van der Waals surface area contributed by atoms with Gasteiger partial charge in [-0.1, -0.05) is 20.8 Å². The van der Waals surface area contributed by atoms with Crippen LogP contribution >= 0.6 is 0 Å². The quantitative estimate of drug-likeness (QED) is 0.491. The Kier molecular flexibility index (Phi) is 6.43. The van der Waals surface area contributed by atoms with E-state index in [9.17, 15) is 14.7 Å². The summed E-state index contributed by atoms with van der Waals surface area (Å²) in [7, 11) is 0. The predicted octanol–water partition coefficient (Wildman–Crippen LogP) is 5.31. The summed E-state index contributed by atoms with van der Waals surface area (Å²) in [5.41, 5.74) is 2.69. The average molecular weight is 429 g/mol. The Balaban J connectivity index is 1.66. The van der Waals surface area contributed by atoms with E-state index < -0.39 is 0 Å². The van der Waals surface area contributed by atoms with Crippen molar-refractivity contribution >= 4 is 11.9 Å². The highest BCUT2D eigenvalue weighted by molar-refractivity contribution is 5.76. The largest absolute Gasteiger partial charge is 0.423 e. The van der Waals surface area contributed by atoms with Gasteiger partial charge in [-0.05, 0) is 97.8 Å². The first-order valence-corrected chi connectivity index (χ1v) is 12.1. The van der Waals surface area contributed by atoms with Crippen molar-refractivity contribution < 1.29 is 24.2 Å². The molecule has 0 heterocycles. The van der Waals surface area contributed by atoms with Gasteiger partial charge < -0.3 is 14.6 Å². The second-order valence-electron chi connectivity index (χ2n) is 10.1. The number of rotatable bonds is 6. The van der Waals surface area contributed by atoms with Gasteiger partial charge in [0.15, 0.2) is 11.5 Å². The minimum absolute atomic E-state index is 0.180. The molecule has 1 aromatic rings. The number of carbonyl (C=O) groups excluding carboxylic acids is 2. The molecule has 5 atom stereocenters. The molecule has 0 amide bonds. The lowest BCUT2D eigenvalue weighted by atomic mass is 9.56. The molecule has 0 aliphatic heterocycles. The summed E-state index contributed by atoms with van der Waals surface area (Å²) < 4.78 is 11.3. The van der Waals surface area contributed by atoms with Crippen molar-refractivity contribution in [1.29, 1.82) is 0 Å². The fourth-order valence-corrected chi connectivity index (χ4v) is 6.51. The van der Waals surface area contributed by atoms with Crippen LogP contribution in [0.2, 0.25) is 0 Å². The molecule has 2 saturated carbocycles. The number of hydrogen-bond donors (Lipinski definition) is 1. The van der Waals surface area contributed by atoms with E-state index in [1.807, 2.05) is 26.0 Å². The zero-order valence-corrected chi connectivity index (χ0v) is 19.1. The zero-order chi connectivity index (χ0) is 22.2. The smallest absolute Gasteiger partial charge is 0.311 e. The molecule has 0 saturated heterocycles. The van der Waals surface area contributed by atoms with Gasteiger partial charge in [-0.25, -0.2) is 0 Å². The van der Waals surface area contributed by atoms with Crippen LogP contribution in [0.4, 0.5) is 0 Å². The molecule has 4 rings (SSSR count). The average Bonchev–Trinajstić information content (AvgIpc) is 3.02. The van der Waals surface area contributed by atoms with Crippen molar-refractivity contribution in [3.05, 3.63) is 23.3 Å². The number of carbonyl (C=O) groups is 2. The molecule has 0 aromatic heterocycles. The third-order valence-electron chi connectivity index (χ3n) is 7.89. The Morgan fingerprint density at radius 3 is 2.35 bits per heavy atom. The highest BCUT2D eigenvalue weighted by Gasteiger charge is 2.52. The molecule has 31 heavy (non-hydrogen) atoms. The van der Waals surface area contributed by atoms with E-state index in [1.165, 1.54) is 11.1 Å². The first kappa shape index (κ1) is 22.3. The van der Waals surface area contributed by atoms with E-state index in [2.05, 4.69) is 6.92 Å². The van der Waals surface area contributed by atoms with Gasteiger partial charge in [-0.2, -0.15) is 0 Å². The first-order valence-electron chi connectivity index (χ1n) is 12.1. The van der Waals surface area contributed by atoms with E-state index in [1.54, 1.807) is 0 Å². The second kappa shape index (κ2) is 8.93. The van der Waals surface area contributed by atoms with Gasteiger partial charge in [0.05, 0.1) is 6.10 Å². The fraction of sp³-hybridized carbons (Fsp3) is 0.692. The number of ether oxygens (including phenoxy) is 2. The maximum atomic E-state index is 12.3. The first-order chi connectivity index (χ1) is 14.8. The van der Waals surface area contributed by atoms with Crippen molar-refractivity contribution in [3.8, 4) is 11.5 Å². The highest BCUT2D eigenvalue weighted by Crippen LogP contribution is 2.61. The second-order valence-corrected chi connectivity index (χ2v) is 10.1. The maximum Gasteiger partial charge on any atom is 0.311 e. The Hall–Kier alpha value is -1.88. The molecule has 2 fully saturated rings. The molecule has 1 aromatic carbocycles. The minimum Gasteiger partial charge on any atom is -0.423 e. The molecule has 3 aliphatic rings. The van der Waals surface area contributed by atoms with Crippen LogP contribution in [-0.2, 0) is 16.0 Å². The summed E-state index contributed by atoms with van der Waals surface area (Å²) in [5, 5.41) is 10.4. The van der Waals surface area contributed by atoms with Crippen LogP contribution in [0.5, 0.6) is 11.5 Å². The summed E-state index contributed by atoms with van der Waals surface area (Å²) in [6.45, 7) is 6.23. The minimum atomic E-state index is -0.294. The van der Waals surface area contributed by atoms with E-state index in [-0.39, 0.29) is 23.5 Å². The number of hydrogen-bond acceptors (Lipinski definition) is 5. The van der Waals surface area contributed by atoms with Crippen LogP contribution in [0, 0.1) is 17.3 Å². The van der Waals surface area contributed by atoms with Crippen LogP contribution in [0.1, 0.15) is 95.6 Å². The van der Waals surface area contributed by atoms with Gasteiger partial charge in [0, 0.05) is 12.8 Å². The Bertz CT molecular complexity index is 846. The molecule has 0 bridgehead atoms. The topological polar surface area (TPSA) is 72.8 Å². The van der Waals surface area contributed by atoms with Gasteiger partial charge in [0.25, 0.3) is 0 Å². The molecule has 5 heteroatoms. The summed E-state index contributed by atoms with van der Waals surface area (Å²) in [6, 6.07) is 3.91. The summed E-state index contributed by atoms with van der Waals surface area (Å²) in [5.74, 6) is 1.67.